The van der Waals surface area contributed by atoms with Gasteiger partial charge in [0.15, 0.2) is 5.16 Å². The molecule has 0 atom stereocenters. The van der Waals surface area contributed by atoms with Crippen molar-refractivity contribution in [3.8, 4) is 0 Å². The fourth-order valence-corrected chi connectivity index (χ4v) is 2.90. The van der Waals surface area contributed by atoms with Crippen LogP contribution in [-0.2, 0) is 4.79 Å². The van der Waals surface area contributed by atoms with Crippen molar-refractivity contribution >= 4 is 50.9 Å². The maximum atomic E-state index is 12.0. The van der Waals surface area contributed by atoms with Gasteiger partial charge in [-0.15, -0.1) is 10.2 Å². The summed E-state index contributed by atoms with van der Waals surface area (Å²) in [5.41, 5.74) is 6.14. The van der Waals surface area contributed by atoms with E-state index in [-0.39, 0.29) is 28.8 Å². The van der Waals surface area contributed by atoms with E-state index in [0.29, 0.717) is 10.8 Å². The molecule has 0 aliphatic rings. The van der Waals surface area contributed by atoms with E-state index in [0.717, 1.165) is 4.47 Å². The third-order valence-electron chi connectivity index (χ3n) is 2.87. The smallest absolute Gasteiger partial charge is 0.254 e. The number of aromatic amines is 1. The van der Waals surface area contributed by atoms with Gasteiger partial charge in [0.1, 0.15) is 5.82 Å². The van der Waals surface area contributed by atoms with Crippen LogP contribution in [0, 0.1) is 0 Å². The lowest BCUT2D eigenvalue weighted by Gasteiger charge is -2.05. The molecule has 1 aromatic carbocycles. The Labute approximate surface area is 142 Å². The second-order valence-electron chi connectivity index (χ2n) is 4.54. The Hall–Kier alpha value is -2.33. The van der Waals surface area contributed by atoms with Crippen LogP contribution < -0.4 is 16.6 Å². The molecular formula is C13H11BrN6O2S. The Morgan fingerprint density at radius 2 is 2.09 bits per heavy atom. The molecular weight excluding hydrogens is 384 g/mol. The first kappa shape index (κ1) is 15.6. The quantitative estimate of drug-likeness (QED) is 0.576. The van der Waals surface area contributed by atoms with E-state index in [2.05, 4.69) is 36.4 Å². The minimum absolute atomic E-state index is 0.134. The van der Waals surface area contributed by atoms with Gasteiger partial charge in [-0.25, -0.2) is 4.40 Å². The van der Waals surface area contributed by atoms with Crippen LogP contribution in [0.25, 0.3) is 5.78 Å². The Bertz CT molecular complexity index is 920. The van der Waals surface area contributed by atoms with Crippen LogP contribution in [0.4, 0.5) is 11.5 Å². The molecule has 2 heterocycles. The number of nitrogen functional groups attached to an aromatic ring is 1. The van der Waals surface area contributed by atoms with Crippen LogP contribution in [0.5, 0.6) is 0 Å². The van der Waals surface area contributed by atoms with E-state index in [1.807, 2.05) is 12.1 Å². The van der Waals surface area contributed by atoms with Crippen molar-refractivity contribution in [2.75, 3.05) is 16.8 Å². The van der Waals surface area contributed by atoms with Crippen LogP contribution in [0.2, 0.25) is 0 Å². The van der Waals surface area contributed by atoms with Crippen LogP contribution in [0.15, 0.2) is 44.8 Å². The molecule has 4 N–H and O–H groups in total. The molecule has 2 aromatic heterocycles. The molecule has 0 saturated heterocycles. The molecule has 0 radical (unpaired) electrons. The summed E-state index contributed by atoms with van der Waals surface area (Å²) in [4.78, 5) is 25.8. The number of anilines is 2. The summed E-state index contributed by atoms with van der Waals surface area (Å²) in [5, 5.41) is 11.0. The highest BCUT2D eigenvalue weighted by molar-refractivity contribution is 9.10. The van der Waals surface area contributed by atoms with E-state index in [1.54, 1.807) is 12.1 Å². The molecule has 1 amide bonds. The summed E-state index contributed by atoms with van der Waals surface area (Å²) < 4.78 is 2.42. The van der Waals surface area contributed by atoms with Gasteiger partial charge in [-0.2, -0.15) is 0 Å². The highest BCUT2D eigenvalue weighted by atomic mass is 79.9. The average molecular weight is 395 g/mol. The summed E-state index contributed by atoms with van der Waals surface area (Å²) in [6, 6.07) is 8.50. The number of rotatable bonds is 4. The minimum atomic E-state index is -0.355. The first-order valence-electron chi connectivity index (χ1n) is 6.45. The zero-order valence-electron chi connectivity index (χ0n) is 11.6. The first-order chi connectivity index (χ1) is 11.0. The Morgan fingerprint density at radius 3 is 2.83 bits per heavy atom. The number of nitrogens with one attached hydrogen (secondary N) is 2. The molecule has 0 saturated carbocycles. The summed E-state index contributed by atoms with van der Waals surface area (Å²) in [6.07, 6.45) is 0. The second kappa shape index (κ2) is 6.42. The predicted octanol–water partition coefficient (Wildman–Crippen LogP) is 1.49. The number of benzene rings is 1. The number of aromatic nitrogens is 4. The van der Waals surface area contributed by atoms with Crippen molar-refractivity contribution in [1.82, 2.24) is 19.6 Å². The topological polar surface area (TPSA) is 118 Å². The monoisotopic (exact) mass is 394 g/mol. The van der Waals surface area contributed by atoms with Gasteiger partial charge in [0.25, 0.3) is 5.56 Å². The van der Waals surface area contributed by atoms with E-state index in [1.165, 1.54) is 22.2 Å². The third-order valence-corrected chi connectivity index (χ3v) is 4.32. The molecule has 0 fully saturated rings. The fraction of sp³-hybridized carbons (Fsp3) is 0.0769. The maximum Gasteiger partial charge on any atom is 0.254 e. The molecule has 0 aliphatic carbocycles. The average Bonchev–Trinajstić information content (AvgIpc) is 2.91. The number of hydrogen-bond acceptors (Lipinski definition) is 6. The lowest BCUT2D eigenvalue weighted by molar-refractivity contribution is -0.113. The highest BCUT2D eigenvalue weighted by Crippen LogP contribution is 2.19. The highest BCUT2D eigenvalue weighted by Gasteiger charge is 2.12. The molecule has 3 rings (SSSR count). The standard InChI is InChI=1S/C13H11BrN6O2S/c14-7-1-3-8(4-2-7)16-11(22)6-23-13-19-18-12-17-10(21)5-9(15)20(12)13/h1-5H,6,15H2,(H,16,22)(H,17,18,21). The van der Waals surface area contributed by atoms with E-state index >= 15 is 0 Å². The van der Waals surface area contributed by atoms with Crippen LogP contribution >= 0.6 is 27.7 Å². The zero-order chi connectivity index (χ0) is 16.4. The molecule has 0 bridgehead atoms. The van der Waals surface area contributed by atoms with Crippen LogP contribution in [0.1, 0.15) is 0 Å². The summed E-state index contributed by atoms with van der Waals surface area (Å²) in [5.74, 6) is 0.405. The zero-order valence-corrected chi connectivity index (χ0v) is 14.0. The van der Waals surface area contributed by atoms with Crippen molar-refractivity contribution in [3.63, 3.8) is 0 Å². The number of carbonyl (C=O) groups excluding carboxylic acids is 1. The van der Waals surface area contributed by atoms with Crippen molar-refractivity contribution in [2.24, 2.45) is 0 Å². The van der Waals surface area contributed by atoms with Crippen molar-refractivity contribution in [1.29, 1.82) is 0 Å². The van der Waals surface area contributed by atoms with Crippen LogP contribution in [0.3, 0.4) is 0 Å². The number of amides is 1. The van der Waals surface area contributed by atoms with Gasteiger partial charge < -0.3 is 11.1 Å². The first-order valence-corrected chi connectivity index (χ1v) is 8.23. The Balaban J connectivity index is 1.69. The molecule has 10 heteroatoms. The molecule has 23 heavy (non-hydrogen) atoms. The maximum absolute atomic E-state index is 12.0. The Kier molecular flexibility index (Phi) is 4.35. The van der Waals surface area contributed by atoms with E-state index in [9.17, 15) is 9.59 Å². The Morgan fingerprint density at radius 1 is 1.35 bits per heavy atom. The SMILES string of the molecule is Nc1cc(=O)[nH]c2nnc(SCC(=O)Nc3ccc(Br)cc3)n12. The van der Waals surface area contributed by atoms with E-state index < -0.39 is 0 Å². The largest absolute Gasteiger partial charge is 0.385 e. The van der Waals surface area contributed by atoms with Crippen LogP contribution in [-0.4, -0.2) is 31.2 Å². The normalized spacial score (nSPS) is 10.8. The van der Waals surface area contributed by atoms with Gasteiger partial charge in [-0.3, -0.25) is 14.6 Å². The number of nitrogens with zero attached hydrogens (tertiary/aromatic N) is 3. The van der Waals surface area contributed by atoms with Gasteiger partial charge in [0.05, 0.1) is 5.75 Å². The van der Waals surface area contributed by atoms with Crippen molar-refractivity contribution in [3.05, 3.63) is 45.2 Å². The number of hydrogen-bond donors (Lipinski definition) is 3. The van der Waals surface area contributed by atoms with Crippen molar-refractivity contribution < 1.29 is 4.79 Å². The number of halogens is 1. The molecule has 3 aromatic rings. The minimum Gasteiger partial charge on any atom is -0.385 e. The number of thioether (sulfide) groups is 1. The summed E-state index contributed by atoms with van der Waals surface area (Å²) in [7, 11) is 0. The van der Waals surface area contributed by atoms with Crippen molar-refractivity contribution in [2.45, 2.75) is 5.16 Å². The number of carbonyl (C=O) groups is 1. The summed E-state index contributed by atoms with van der Waals surface area (Å²) >= 11 is 4.50. The third kappa shape index (κ3) is 3.54. The van der Waals surface area contributed by atoms with Gasteiger partial charge in [0.2, 0.25) is 11.7 Å². The molecule has 0 aliphatic heterocycles. The fourth-order valence-electron chi connectivity index (χ4n) is 1.88. The molecule has 8 nitrogen and oxygen atoms in total. The molecule has 118 valence electrons. The van der Waals surface area contributed by atoms with Gasteiger partial charge in [0, 0.05) is 16.2 Å². The van der Waals surface area contributed by atoms with E-state index in [4.69, 9.17) is 5.73 Å². The molecule has 0 spiro atoms. The van der Waals surface area contributed by atoms with Gasteiger partial charge in [-0.1, -0.05) is 27.7 Å². The second-order valence-corrected chi connectivity index (χ2v) is 6.40. The number of H-pyrrole nitrogens is 1. The number of nitrogens with two attached hydrogens (primary N) is 1. The van der Waals surface area contributed by atoms with Gasteiger partial charge in [-0.05, 0) is 24.3 Å². The van der Waals surface area contributed by atoms with Gasteiger partial charge >= 0.3 is 0 Å². The predicted molar refractivity (Wildman–Crippen MR) is 91.5 cm³/mol. The lowest BCUT2D eigenvalue weighted by atomic mass is 10.3. The summed E-state index contributed by atoms with van der Waals surface area (Å²) in [6.45, 7) is 0. The lowest BCUT2D eigenvalue weighted by Crippen LogP contribution is -2.15. The number of fused-ring (bicyclic) bond motifs is 1. The molecule has 0 unspecified atom stereocenters.